The van der Waals surface area contributed by atoms with Crippen LogP contribution in [0.2, 0.25) is 0 Å². The molecule has 146 valence electrons. The zero-order valence-corrected chi connectivity index (χ0v) is 15.7. The molecule has 0 saturated carbocycles. The van der Waals surface area contributed by atoms with Gasteiger partial charge in [-0.2, -0.15) is 4.98 Å². The first-order valence-electron chi connectivity index (χ1n) is 9.29. The summed E-state index contributed by atoms with van der Waals surface area (Å²) in [5.74, 6) is 1.23. The van der Waals surface area contributed by atoms with E-state index in [2.05, 4.69) is 26.4 Å². The minimum atomic E-state index is -0.0972. The number of rotatable bonds is 6. The van der Waals surface area contributed by atoms with E-state index in [4.69, 9.17) is 13.7 Å². The SMILES string of the molecule is Cc1cc(N2CCOCC2)ccc1NC(=O)CCc1nc(-c2ccco2)no1. The van der Waals surface area contributed by atoms with E-state index in [1.165, 1.54) is 0 Å². The number of ether oxygens (including phenoxy) is 1. The van der Waals surface area contributed by atoms with Gasteiger partial charge in [-0.3, -0.25) is 4.79 Å². The highest BCUT2D eigenvalue weighted by Crippen LogP contribution is 2.24. The largest absolute Gasteiger partial charge is 0.461 e. The van der Waals surface area contributed by atoms with Crippen molar-refractivity contribution in [2.75, 3.05) is 36.5 Å². The Labute approximate surface area is 162 Å². The minimum Gasteiger partial charge on any atom is -0.461 e. The monoisotopic (exact) mass is 382 g/mol. The van der Waals surface area contributed by atoms with Crippen molar-refractivity contribution >= 4 is 17.3 Å². The van der Waals surface area contributed by atoms with Gasteiger partial charge in [-0.15, -0.1) is 0 Å². The number of hydrogen-bond donors (Lipinski definition) is 1. The van der Waals surface area contributed by atoms with E-state index in [1.54, 1.807) is 18.4 Å². The molecule has 1 aliphatic heterocycles. The average molecular weight is 382 g/mol. The summed E-state index contributed by atoms with van der Waals surface area (Å²) in [5.41, 5.74) is 2.98. The van der Waals surface area contributed by atoms with E-state index in [9.17, 15) is 4.79 Å². The summed E-state index contributed by atoms with van der Waals surface area (Å²) < 4.78 is 15.8. The number of benzene rings is 1. The number of anilines is 2. The third kappa shape index (κ3) is 4.23. The average Bonchev–Trinajstić information content (AvgIpc) is 3.40. The van der Waals surface area contributed by atoms with Crippen LogP contribution in [0.4, 0.5) is 11.4 Å². The number of carbonyl (C=O) groups is 1. The quantitative estimate of drug-likeness (QED) is 0.700. The molecule has 3 heterocycles. The fourth-order valence-electron chi connectivity index (χ4n) is 3.10. The topological polar surface area (TPSA) is 93.6 Å². The molecule has 1 N–H and O–H groups in total. The number of aromatic nitrogens is 2. The van der Waals surface area contributed by atoms with E-state index < -0.39 is 0 Å². The molecule has 1 aromatic carbocycles. The van der Waals surface area contributed by atoms with Crippen molar-refractivity contribution < 1.29 is 18.5 Å². The van der Waals surface area contributed by atoms with E-state index in [0.717, 1.165) is 43.2 Å². The van der Waals surface area contributed by atoms with Crippen LogP contribution in [-0.4, -0.2) is 42.4 Å². The van der Waals surface area contributed by atoms with Crippen LogP contribution >= 0.6 is 0 Å². The number of nitrogens with one attached hydrogen (secondary N) is 1. The molecule has 1 aliphatic rings. The molecule has 1 saturated heterocycles. The molecule has 2 aromatic heterocycles. The van der Waals surface area contributed by atoms with Crippen molar-refractivity contribution in [1.82, 2.24) is 10.1 Å². The van der Waals surface area contributed by atoms with Crippen molar-refractivity contribution in [3.05, 3.63) is 48.0 Å². The minimum absolute atomic E-state index is 0.0972. The lowest BCUT2D eigenvalue weighted by Gasteiger charge is -2.29. The summed E-state index contributed by atoms with van der Waals surface area (Å²) in [6.07, 6.45) is 2.17. The smallest absolute Gasteiger partial charge is 0.238 e. The fraction of sp³-hybridized carbons (Fsp3) is 0.350. The molecule has 8 heteroatoms. The number of carbonyl (C=O) groups excluding carboxylic acids is 1. The summed E-state index contributed by atoms with van der Waals surface area (Å²) in [6.45, 7) is 5.25. The van der Waals surface area contributed by atoms with Gasteiger partial charge >= 0.3 is 0 Å². The summed E-state index contributed by atoms with van der Waals surface area (Å²) in [6, 6.07) is 9.58. The first-order valence-corrected chi connectivity index (χ1v) is 9.29. The van der Waals surface area contributed by atoms with Gasteiger partial charge in [0, 0.05) is 37.3 Å². The van der Waals surface area contributed by atoms with E-state index in [0.29, 0.717) is 23.9 Å². The second kappa shape index (κ2) is 8.26. The van der Waals surface area contributed by atoms with Gasteiger partial charge < -0.3 is 23.9 Å². The summed E-state index contributed by atoms with van der Waals surface area (Å²) in [7, 11) is 0. The lowest BCUT2D eigenvalue weighted by Crippen LogP contribution is -2.36. The number of aryl methyl sites for hydroxylation is 2. The zero-order chi connectivity index (χ0) is 19.3. The van der Waals surface area contributed by atoms with Crippen LogP contribution in [0.5, 0.6) is 0 Å². The Kier molecular flexibility index (Phi) is 5.38. The van der Waals surface area contributed by atoms with Crippen LogP contribution in [0.25, 0.3) is 11.6 Å². The van der Waals surface area contributed by atoms with Crippen LogP contribution in [-0.2, 0) is 16.0 Å². The highest BCUT2D eigenvalue weighted by atomic mass is 16.5. The summed E-state index contributed by atoms with van der Waals surface area (Å²) in [5, 5.41) is 6.82. The molecule has 3 aromatic rings. The number of amides is 1. The lowest BCUT2D eigenvalue weighted by molar-refractivity contribution is -0.116. The molecule has 0 unspecified atom stereocenters. The van der Waals surface area contributed by atoms with Gasteiger partial charge in [-0.05, 0) is 42.8 Å². The van der Waals surface area contributed by atoms with Gasteiger partial charge in [0.15, 0.2) is 5.76 Å². The Morgan fingerprint density at radius 3 is 2.86 bits per heavy atom. The van der Waals surface area contributed by atoms with Crippen molar-refractivity contribution in [2.24, 2.45) is 0 Å². The Hall–Kier alpha value is -3.13. The molecule has 0 bridgehead atoms. The Bertz CT molecular complexity index is 930. The molecular weight excluding hydrogens is 360 g/mol. The molecule has 8 nitrogen and oxygen atoms in total. The van der Waals surface area contributed by atoms with E-state index >= 15 is 0 Å². The van der Waals surface area contributed by atoms with Gasteiger partial charge in [0.25, 0.3) is 0 Å². The van der Waals surface area contributed by atoms with Gasteiger partial charge in [0.05, 0.1) is 19.5 Å². The van der Waals surface area contributed by atoms with Gasteiger partial charge in [-0.1, -0.05) is 5.16 Å². The van der Waals surface area contributed by atoms with Crippen LogP contribution < -0.4 is 10.2 Å². The van der Waals surface area contributed by atoms with Crippen LogP contribution in [0.15, 0.2) is 45.5 Å². The number of nitrogens with zero attached hydrogens (tertiary/aromatic N) is 3. The maximum absolute atomic E-state index is 12.3. The van der Waals surface area contributed by atoms with Crippen LogP contribution in [0.3, 0.4) is 0 Å². The Balaban J connectivity index is 1.32. The van der Waals surface area contributed by atoms with Gasteiger partial charge in [-0.25, -0.2) is 0 Å². The molecule has 28 heavy (non-hydrogen) atoms. The molecule has 0 atom stereocenters. The van der Waals surface area contributed by atoms with Crippen molar-refractivity contribution in [3.63, 3.8) is 0 Å². The molecule has 1 fully saturated rings. The maximum atomic E-state index is 12.3. The fourth-order valence-corrected chi connectivity index (χ4v) is 3.10. The molecule has 1 amide bonds. The third-order valence-electron chi connectivity index (χ3n) is 4.64. The second-order valence-corrected chi connectivity index (χ2v) is 6.64. The normalized spacial score (nSPS) is 14.2. The lowest BCUT2D eigenvalue weighted by atomic mass is 10.1. The van der Waals surface area contributed by atoms with Gasteiger partial charge in [0.2, 0.25) is 17.6 Å². The number of morpholine rings is 1. The Morgan fingerprint density at radius 2 is 2.11 bits per heavy atom. The number of furan rings is 1. The third-order valence-corrected chi connectivity index (χ3v) is 4.64. The van der Waals surface area contributed by atoms with E-state index in [1.807, 2.05) is 19.1 Å². The van der Waals surface area contributed by atoms with Crippen molar-refractivity contribution in [3.8, 4) is 11.6 Å². The highest BCUT2D eigenvalue weighted by Gasteiger charge is 2.15. The predicted octanol–water partition coefficient (Wildman–Crippen LogP) is 3.05. The van der Waals surface area contributed by atoms with Gasteiger partial charge in [0.1, 0.15) is 0 Å². The van der Waals surface area contributed by atoms with Crippen molar-refractivity contribution in [1.29, 1.82) is 0 Å². The van der Waals surface area contributed by atoms with Crippen LogP contribution in [0.1, 0.15) is 17.9 Å². The molecule has 0 radical (unpaired) electrons. The summed E-state index contributed by atoms with van der Waals surface area (Å²) in [4.78, 5) is 18.8. The van der Waals surface area contributed by atoms with Crippen molar-refractivity contribution in [2.45, 2.75) is 19.8 Å². The first kappa shape index (κ1) is 18.2. The molecular formula is C20H22N4O4. The van der Waals surface area contributed by atoms with E-state index in [-0.39, 0.29) is 12.3 Å². The summed E-state index contributed by atoms with van der Waals surface area (Å²) >= 11 is 0. The molecule has 0 aliphatic carbocycles. The highest BCUT2D eigenvalue weighted by molar-refractivity contribution is 5.91. The first-order chi connectivity index (χ1) is 13.7. The maximum Gasteiger partial charge on any atom is 0.238 e. The Morgan fingerprint density at radius 1 is 1.25 bits per heavy atom. The zero-order valence-electron chi connectivity index (χ0n) is 15.7. The molecule has 4 rings (SSSR count). The second-order valence-electron chi connectivity index (χ2n) is 6.64. The molecule has 0 spiro atoms. The predicted molar refractivity (Wildman–Crippen MR) is 103 cm³/mol. The number of hydrogen-bond acceptors (Lipinski definition) is 7. The van der Waals surface area contributed by atoms with Crippen LogP contribution in [0, 0.1) is 6.92 Å². The standard InChI is InChI=1S/C20H22N4O4/c1-14-13-15(24-8-11-26-12-9-24)4-5-16(14)21-18(25)6-7-19-22-20(23-28-19)17-3-2-10-27-17/h2-5,10,13H,6-9,11-12H2,1H3,(H,21,25).